The number of benzene rings is 2. The normalized spacial score (nSPS) is 10.3. The van der Waals surface area contributed by atoms with Crippen LogP contribution < -0.4 is 15.4 Å². The largest absolute Gasteiger partial charge is 0.495 e. The first kappa shape index (κ1) is 16.4. The molecule has 0 radical (unpaired) electrons. The smallest absolute Gasteiger partial charge is 0.229 e. The quantitative estimate of drug-likeness (QED) is 0.648. The van der Waals surface area contributed by atoms with E-state index in [9.17, 15) is 0 Å². The molecule has 0 aliphatic carbocycles. The Hall–Kier alpha value is -2.50. The molecule has 5 nitrogen and oxygen atoms in total. The standard InChI is InChI=1S/C17H14Cl2N4O/c1-24-15-6-5-12(19)10-14(15)22-17-20-8-7-16(23-17)21-13-4-2-3-11(18)9-13/h2-10H,1H3,(H2,20,21,22,23). The fraction of sp³-hybridized carbons (Fsp3) is 0.0588. The average molecular weight is 361 g/mol. The molecule has 3 rings (SSSR count). The van der Waals surface area contributed by atoms with Crippen molar-refractivity contribution in [3.8, 4) is 5.75 Å². The average Bonchev–Trinajstić information content (AvgIpc) is 2.55. The number of halogens is 2. The van der Waals surface area contributed by atoms with Crippen LogP contribution in [0.3, 0.4) is 0 Å². The maximum absolute atomic E-state index is 6.03. The third-order valence-electron chi connectivity index (χ3n) is 3.16. The van der Waals surface area contributed by atoms with Crippen molar-refractivity contribution in [3.63, 3.8) is 0 Å². The topological polar surface area (TPSA) is 59.1 Å². The number of aromatic nitrogens is 2. The highest BCUT2D eigenvalue weighted by Gasteiger charge is 2.07. The zero-order chi connectivity index (χ0) is 16.9. The summed E-state index contributed by atoms with van der Waals surface area (Å²) in [5.74, 6) is 1.70. The highest BCUT2D eigenvalue weighted by Crippen LogP contribution is 2.29. The van der Waals surface area contributed by atoms with E-state index in [0.717, 1.165) is 5.69 Å². The Morgan fingerprint density at radius 3 is 2.58 bits per heavy atom. The van der Waals surface area contributed by atoms with E-state index in [0.29, 0.717) is 33.2 Å². The van der Waals surface area contributed by atoms with Gasteiger partial charge in [0, 0.05) is 21.9 Å². The molecule has 0 aliphatic heterocycles. The second-order valence-corrected chi connectivity index (χ2v) is 5.74. The Bertz CT molecular complexity index is 857. The molecule has 1 aromatic heterocycles. The third kappa shape index (κ3) is 4.07. The number of nitrogens with one attached hydrogen (secondary N) is 2. The van der Waals surface area contributed by atoms with Gasteiger partial charge in [0.1, 0.15) is 11.6 Å². The first-order valence-corrected chi connectivity index (χ1v) is 7.86. The maximum Gasteiger partial charge on any atom is 0.229 e. The summed E-state index contributed by atoms with van der Waals surface area (Å²) < 4.78 is 5.30. The summed E-state index contributed by atoms with van der Waals surface area (Å²) in [5, 5.41) is 7.52. The van der Waals surface area contributed by atoms with Crippen LogP contribution in [0.5, 0.6) is 5.75 Å². The van der Waals surface area contributed by atoms with Gasteiger partial charge in [-0.1, -0.05) is 29.3 Å². The molecule has 122 valence electrons. The molecule has 2 aromatic carbocycles. The van der Waals surface area contributed by atoms with Crippen LogP contribution in [0.1, 0.15) is 0 Å². The van der Waals surface area contributed by atoms with E-state index in [4.69, 9.17) is 27.9 Å². The van der Waals surface area contributed by atoms with Gasteiger partial charge in [0.2, 0.25) is 5.95 Å². The van der Waals surface area contributed by atoms with Crippen LogP contribution in [0.4, 0.5) is 23.1 Å². The molecular weight excluding hydrogens is 347 g/mol. The van der Waals surface area contributed by atoms with Gasteiger partial charge in [-0.05, 0) is 42.5 Å². The van der Waals surface area contributed by atoms with Crippen LogP contribution in [0.15, 0.2) is 54.7 Å². The summed E-state index contributed by atoms with van der Waals surface area (Å²) in [7, 11) is 1.59. The first-order chi connectivity index (χ1) is 11.6. The number of ether oxygens (including phenoxy) is 1. The van der Waals surface area contributed by atoms with Crippen LogP contribution in [-0.4, -0.2) is 17.1 Å². The zero-order valence-corrected chi connectivity index (χ0v) is 14.3. The number of nitrogens with zero attached hydrogens (tertiary/aromatic N) is 2. The van der Waals surface area contributed by atoms with Gasteiger partial charge >= 0.3 is 0 Å². The lowest BCUT2D eigenvalue weighted by atomic mass is 10.3. The number of hydrogen-bond donors (Lipinski definition) is 2. The summed E-state index contributed by atoms with van der Waals surface area (Å²) in [6, 6.07) is 14.4. The van der Waals surface area contributed by atoms with Crippen molar-refractivity contribution < 1.29 is 4.74 Å². The van der Waals surface area contributed by atoms with Gasteiger partial charge < -0.3 is 15.4 Å². The van der Waals surface area contributed by atoms with Crippen molar-refractivity contribution in [3.05, 3.63) is 64.8 Å². The van der Waals surface area contributed by atoms with Crippen LogP contribution in [0.25, 0.3) is 0 Å². The number of rotatable bonds is 5. The molecule has 24 heavy (non-hydrogen) atoms. The Balaban J connectivity index is 1.82. The van der Waals surface area contributed by atoms with Crippen LogP contribution in [-0.2, 0) is 0 Å². The van der Waals surface area contributed by atoms with E-state index < -0.39 is 0 Å². The zero-order valence-electron chi connectivity index (χ0n) is 12.8. The Labute approximate surface area is 149 Å². The van der Waals surface area contributed by atoms with Crippen LogP contribution >= 0.6 is 23.2 Å². The van der Waals surface area contributed by atoms with Gasteiger partial charge in [0.25, 0.3) is 0 Å². The predicted octanol–water partition coefficient (Wildman–Crippen LogP) is 5.28. The lowest BCUT2D eigenvalue weighted by molar-refractivity contribution is 0.417. The second-order valence-electron chi connectivity index (χ2n) is 4.87. The van der Waals surface area contributed by atoms with Crippen LogP contribution in [0, 0.1) is 0 Å². The van der Waals surface area contributed by atoms with Crippen molar-refractivity contribution >= 4 is 46.3 Å². The Kier molecular flexibility index (Phi) is 5.03. The minimum atomic E-state index is 0.419. The molecule has 0 amide bonds. The van der Waals surface area contributed by atoms with Crippen molar-refractivity contribution in [2.24, 2.45) is 0 Å². The lowest BCUT2D eigenvalue weighted by Crippen LogP contribution is -2.01. The summed E-state index contributed by atoms with van der Waals surface area (Å²) in [4.78, 5) is 8.64. The van der Waals surface area contributed by atoms with E-state index in [1.165, 1.54) is 0 Å². The summed E-state index contributed by atoms with van der Waals surface area (Å²) in [6.45, 7) is 0. The van der Waals surface area contributed by atoms with Crippen molar-refractivity contribution in [1.82, 2.24) is 9.97 Å². The molecular formula is C17H14Cl2N4O. The molecule has 2 N–H and O–H groups in total. The number of methoxy groups -OCH3 is 1. The number of hydrogen-bond acceptors (Lipinski definition) is 5. The first-order valence-electron chi connectivity index (χ1n) is 7.10. The highest BCUT2D eigenvalue weighted by atomic mass is 35.5. The molecule has 0 bridgehead atoms. The van der Waals surface area contributed by atoms with Crippen molar-refractivity contribution in [2.75, 3.05) is 17.7 Å². The minimum absolute atomic E-state index is 0.419. The third-order valence-corrected chi connectivity index (χ3v) is 3.63. The monoisotopic (exact) mass is 360 g/mol. The summed E-state index contributed by atoms with van der Waals surface area (Å²) >= 11 is 12.0. The molecule has 3 aromatic rings. The fourth-order valence-electron chi connectivity index (χ4n) is 2.10. The fourth-order valence-corrected chi connectivity index (χ4v) is 2.46. The van der Waals surface area contributed by atoms with E-state index in [1.54, 1.807) is 37.6 Å². The molecule has 1 heterocycles. The minimum Gasteiger partial charge on any atom is -0.495 e. The van der Waals surface area contributed by atoms with Crippen molar-refractivity contribution in [2.45, 2.75) is 0 Å². The maximum atomic E-state index is 6.03. The van der Waals surface area contributed by atoms with Gasteiger partial charge in [-0.3, -0.25) is 0 Å². The predicted molar refractivity (Wildman–Crippen MR) is 98.1 cm³/mol. The van der Waals surface area contributed by atoms with Gasteiger partial charge in [0.05, 0.1) is 12.8 Å². The summed E-state index contributed by atoms with van der Waals surface area (Å²) in [5.41, 5.74) is 1.53. The SMILES string of the molecule is COc1ccc(Cl)cc1Nc1nccc(Nc2cccc(Cl)c2)n1. The molecule has 0 fully saturated rings. The van der Waals surface area contributed by atoms with E-state index >= 15 is 0 Å². The molecule has 0 spiro atoms. The molecule has 7 heteroatoms. The Morgan fingerprint density at radius 1 is 0.958 bits per heavy atom. The summed E-state index contributed by atoms with van der Waals surface area (Å²) in [6.07, 6.45) is 1.65. The van der Waals surface area contributed by atoms with Gasteiger partial charge in [-0.15, -0.1) is 0 Å². The van der Waals surface area contributed by atoms with Gasteiger partial charge in [0.15, 0.2) is 0 Å². The van der Waals surface area contributed by atoms with Gasteiger partial charge in [-0.25, -0.2) is 4.98 Å². The molecule has 0 saturated carbocycles. The lowest BCUT2D eigenvalue weighted by Gasteiger charge is -2.11. The highest BCUT2D eigenvalue weighted by molar-refractivity contribution is 6.31. The van der Waals surface area contributed by atoms with E-state index in [-0.39, 0.29) is 0 Å². The van der Waals surface area contributed by atoms with Crippen molar-refractivity contribution in [1.29, 1.82) is 0 Å². The van der Waals surface area contributed by atoms with E-state index in [2.05, 4.69) is 20.6 Å². The Morgan fingerprint density at radius 2 is 1.79 bits per heavy atom. The van der Waals surface area contributed by atoms with Crippen LogP contribution in [0.2, 0.25) is 10.0 Å². The second kappa shape index (κ2) is 7.38. The molecule has 0 saturated heterocycles. The van der Waals surface area contributed by atoms with E-state index in [1.807, 2.05) is 24.3 Å². The molecule has 0 atom stereocenters. The molecule has 0 aliphatic rings. The number of anilines is 4. The molecule has 0 unspecified atom stereocenters. The van der Waals surface area contributed by atoms with Gasteiger partial charge in [-0.2, -0.15) is 4.98 Å².